The minimum atomic E-state index is -1.05. The number of carbonyl (C=O) groups excluding carboxylic acids is 1. The third-order valence-corrected chi connectivity index (χ3v) is 4.77. The highest BCUT2D eigenvalue weighted by molar-refractivity contribution is 6.39. The SMILES string of the molecule is COc1ccccc1-c1ccc(N(Cl)C(=O)C2=C(C(=O)O)CCC2)cc1. The highest BCUT2D eigenvalue weighted by Gasteiger charge is 2.28. The fourth-order valence-electron chi connectivity index (χ4n) is 3.11. The zero-order valence-electron chi connectivity index (χ0n) is 14.2. The average Bonchev–Trinajstić information content (AvgIpc) is 3.17. The molecule has 2 aromatic carbocycles. The minimum absolute atomic E-state index is 0.159. The highest BCUT2D eigenvalue weighted by atomic mass is 35.5. The van der Waals surface area contributed by atoms with E-state index in [2.05, 4.69) is 0 Å². The molecule has 0 aliphatic heterocycles. The molecule has 6 heteroatoms. The van der Waals surface area contributed by atoms with Crippen LogP contribution in [0.5, 0.6) is 5.75 Å². The summed E-state index contributed by atoms with van der Waals surface area (Å²) in [7, 11) is 1.61. The summed E-state index contributed by atoms with van der Waals surface area (Å²) in [6.45, 7) is 0. The van der Waals surface area contributed by atoms with Crippen LogP contribution >= 0.6 is 11.8 Å². The lowest BCUT2D eigenvalue weighted by molar-refractivity contribution is -0.133. The van der Waals surface area contributed by atoms with Gasteiger partial charge < -0.3 is 9.84 Å². The lowest BCUT2D eigenvalue weighted by Crippen LogP contribution is -2.23. The number of hydrogen-bond donors (Lipinski definition) is 1. The number of carboxylic acids is 1. The molecule has 0 saturated carbocycles. The van der Waals surface area contributed by atoms with Crippen molar-refractivity contribution < 1.29 is 19.4 Å². The quantitative estimate of drug-likeness (QED) is 0.790. The van der Waals surface area contributed by atoms with Gasteiger partial charge in [0.25, 0.3) is 5.91 Å². The molecule has 1 N–H and O–H groups in total. The Labute approximate surface area is 156 Å². The summed E-state index contributed by atoms with van der Waals surface area (Å²) in [6.07, 6.45) is 1.48. The summed E-state index contributed by atoms with van der Waals surface area (Å²) < 4.78 is 6.35. The van der Waals surface area contributed by atoms with Crippen LogP contribution < -0.4 is 9.16 Å². The summed E-state index contributed by atoms with van der Waals surface area (Å²) in [5.41, 5.74) is 2.78. The van der Waals surface area contributed by atoms with E-state index < -0.39 is 11.9 Å². The van der Waals surface area contributed by atoms with E-state index in [9.17, 15) is 14.7 Å². The second-order valence-corrected chi connectivity index (χ2v) is 6.29. The van der Waals surface area contributed by atoms with Crippen LogP contribution in [0.3, 0.4) is 0 Å². The molecular weight excluding hydrogens is 354 g/mol. The number of para-hydroxylation sites is 1. The smallest absolute Gasteiger partial charge is 0.332 e. The Morgan fingerprint density at radius 1 is 1.04 bits per heavy atom. The van der Waals surface area contributed by atoms with Gasteiger partial charge in [0, 0.05) is 28.5 Å². The van der Waals surface area contributed by atoms with E-state index in [1.807, 2.05) is 36.4 Å². The Balaban J connectivity index is 1.85. The molecule has 0 aromatic heterocycles. The number of benzene rings is 2. The average molecular weight is 372 g/mol. The number of amides is 1. The number of halogens is 1. The zero-order valence-corrected chi connectivity index (χ0v) is 15.0. The van der Waals surface area contributed by atoms with Gasteiger partial charge in [-0.15, -0.1) is 0 Å². The minimum Gasteiger partial charge on any atom is -0.496 e. The first-order valence-electron chi connectivity index (χ1n) is 8.22. The first kappa shape index (κ1) is 18.0. The number of hydrogen-bond acceptors (Lipinski definition) is 3. The van der Waals surface area contributed by atoms with Crippen molar-refractivity contribution >= 4 is 29.3 Å². The van der Waals surface area contributed by atoms with Crippen LogP contribution in [-0.4, -0.2) is 24.1 Å². The number of rotatable bonds is 5. The summed E-state index contributed by atoms with van der Waals surface area (Å²) in [5.74, 6) is -0.782. The third-order valence-electron chi connectivity index (χ3n) is 4.42. The Morgan fingerprint density at radius 2 is 1.69 bits per heavy atom. The molecule has 0 atom stereocenters. The maximum atomic E-state index is 12.6. The molecule has 0 radical (unpaired) electrons. The molecule has 134 valence electrons. The Morgan fingerprint density at radius 3 is 2.35 bits per heavy atom. The number of nitrogens with zero attached hydrogens (tertiary/aromatic N) is 1. The van der Waals surface area contributed by atoms with E-state index in [4.69, 9.17) is 16.5 Å². The molecular formula is C20H18ClNO4. The van der Waals surface area contributed by atoms with Gasteiger partial charge in [0.2, 0.25) is 0 Å². The largest absolute Gasteiger partial charge is 0.496 e. The van der Waals surface area contributed by atoms with Crippen LogP contribution in [0.1, 0.15) is 19.3 Å². The van der Waals surface area contributed by atoms with E-state index in [1.54, 1.807) is 19.2 Å². The van der Waals surface area contributed by atoms with Gasteiger partial charge >= 0.3 is 5.97 Å². The van der Waals surface area contributed by atoms with Crippen molar-refractivity contribution in [3.63, 3.8) is 0 Å². The second kappa shape index (κ2) is 7.62. The molecule has 0 heterocycles. The number of anilines is 1. The van der Waals surface area contributed by atoms with Crippen molar-refractivity contribution in [1.82, 2.24) is 0 Å². The van der Waals surface area contributed by atoms with E-state index in [-0.39, 0.29) is 11.1 Å². The lowest BCUT2D eigenvalue weighted by atomic mass is 10.0. The normalized spacial score (nSPS) is 13.6. The fourth-order valence-corrected chi connectivity index (χ4v) is 3.32. The predicted octanol–water partition coefficient (Wildman–Crippen LogP) is 4.41. The van der Waals surface area contributed by atoms with Gasteiger partial charge in [0.1, 0.15) is 5.75 Å². The van der Waals surface area contributed by atoms with Gasteiger partial charge in [-0.05, 0) is 43.0 Å². The molecule has 5 nitrogen and oxygen atoms in total. The summed E-state index contributed by atoms with van der Waals surface area (Å²) in [4.78, 5) is 23.8. The zero-order chi connectivity index (χ0) is 18.7. The van der Waals surface area contributed by atoms with E-state index in [0.29, 0.717) is 24.9 Å². The first-order valence-corrected chi connectivity index (χ1v) is 8.55. The molecule has 0 bridgehead atoms. The van der Waals surface area contributed by atoms with Gasteiger partial charge in [0.05, 0.1) is 12.8 Å². The van der Waals surface area contributed by atoms with E-state index in [0.717, 1.165) is 21.3 Å². The van der Waals surface area contributed by atoms with E-state index in [1.165, 1.54) is 0 Å². The Bertz CT molecular complexity index is 874. The van der Waals surface area contributed by atoms with Crippen molar-refractivity contribution in [2.75, 3.05) is 11.5 Å². The fraction of sp³-hybridized carbons (Fsp3) is 0.200. The second-order valence-electron chi connectivity index (χ2n) is 5.95. The molecule has 0 saturated heterocycles. The molecule has 1 aliphatic rings. The first-order chi connectivity index (χ1) is 12.5. The summed E-state index contributed by atoms with van der Waals surface area (Å²) in [5, 5.41) is 9.21. The topological polar surface area (TPSA) is 66.8 Å². The van der Waals surface area contributed by atoms with Gasteiger partial charge in [-0.1, -0.05) is 30.3 Å². The molecule has 3 rings (SSSR count). The van der Waals surface area contributed by atoms with Crippen molar-refractivity contribution in [2.45, 2.75) is 19.3 Å². The number of carboxylic acid groups (broad SMARTS) is 1. The molecule has 0 spiro atoms. The van der Waals surface area contributed by atoms with Crippen LogP contribution in [-0.2, 0) is 9.59 Å². The van der Waals surface area contributed by atoms with Crippen LogP contribution in [0.15, 0.2) is 59.7 Å². The predicted molar refractivity (Wildman–Crippen MR) is 100 cm³/mol. The van der Waals surface area contributed by atoms with Crippen molar-refractivity contribution in [3.8, 4) is 16.9 Å². The van der Waals surface area contributed by atoms with Crippen LogP contribution in [0, 0.1) is 0 Å². The van der Waals surface area contributed by atoms with Gasteiger partial charge in [0.15, 0.2) is 0 Å². The van der Waals surface area contributed by atoms with E-state index >= 15 is 0 Å². The van der Waals surface area contributed by atoms with Gasteiger partial charge in [-0.2, -0.15) is 0 Å². The lowest BCUT2D eigenvalue weighted by Gasteiger charge is -2.16. The molecule has 1 amide bonds. The molecule has 2 aromatic rings. The molecule has 0 unspecified atom stereocenters. The van der Waals surface area contributed by atoms with Crippen molar-refractivity contribution in [2.24, 2.45) is 0 Å². The van der Waals surface area contributed by atoms with Crippen LogP contribution in [0.25, 0.3) is 11.1 Å². The Kier molecular flexibility index (Phi) is 5.28. The number of aliphatic carboxylic acids is 1. The van der Waals surface area contributed by atoms with Crippen molar-refractivity contribution in [3.05, 3.63) is 59.7 Å². The maximum absolute atomic E-state index is 12.6. The van der Waals surface area contributed by atoms with Crippen LogP contribution in [0.4, 0.5) is 5.69 Å². The summed E-state index contributed by atoms with van der Waals surface area (Å²) >= 11 is 6.20. The molecule has 1 aliphatic carbocycles. The standard InChI is InChI=1S/C20H18ClNO4/c1-26-18-8-3-2-5-15(18)13-9-11-14(12-10-13)22(21)19(23)16-6-4-7-17(16)20(24)25/h2-3,5,8-12H,4,6-7H2,1H3,(H,24,25). The molecule has 0 fully saturated rings. The number of carbonyl (C=O) groups is 2. The van der Waals surface area contributed by atoms with Crippen LogP contribution in [0.2, 0.25) is 0 Å². The highest BCUT2D eigenvalue weighted by Crippen LogP contribution is 2.33. The monoisotopic (exact) mass is 371 g/mol. The van der Waals surface area contributed by atoms with Crippen molar-refractivity contribution in [1.29, 1.82) is 0 Å². The molecule has 26 heavy (non-hydrogen) atoms. The number of ether oxygens (including phenoxy) is 1. The maximum Gasteiger partial charge on any atom is 0.332 e. The van der Waals surface area contributed by atoms with Gasteiger partial charge in [-0.3, -0.25) is 4.79 Å². The third kappa shape index (κ3) is 3.44. The Hall–Kier alpha value is -2.79. The number of methoxy groups -OCH3 is 1. The summed E-state index contributed by atoms with van der Waals surface area (Å²) in [6, 6.07) is 14.8. The van der Waals surface area contributed by atoms with Gasteiger partial charge in [-0.25, -0.2) is 9.21 Å².